The van der Waals surface area contributed by atoms with E-state index in [1.807, 2.05) is 0 Å². The van der Waals surface area contributed by atoms with Crippen LogP contribution in [0.1, 0.15) is 0 Å². The van der Waals surface area contributed by atoms with Gasteiger partial charge in [0.1, 0.15) is 0 Å². The van der Waals surface area contributed by atoms with Gasteiger partial charge in [0.25, 0.3) is 0 Å². The molecule has 0 aliphatic rings. The first kappa shape index (κ1) is 22.1. The molecule has 2 heteroatoms. The first-order chi connectivity index (χ1) is 20.8. The van der Waals surface area contributed by atoms with Crippen molar-refractivity contribution in [1.29, 1.82) is 0 Å². The second kappa shape index (κ2) is 7.99. The third-order valence-corrected chi connectivity index (χ3v) is 9.19. The van der Waals surface area contributed by atoms with Crippen molar-refractivity contribution in [2.24, 2.45) is 0 Å². The summed E-state index contributed by atoms with van der Waals surface area (Å²) in [4.78, 5) is 0. The van der Waals surface area contributed by atoms with E-state index in [4.69, 9.17) is 0 Å². The van der Waals surface area contributed by atoms with E-state index in [1.54, 1.807) is 0 Å². The molecule has 0 atom stereocenters. The highest BCUT2D eigenvalue weighted by Crippen LogP contribution is 2.41. The van der Waals surface area contributed by atoms with E-state index in [0.717, 1.165) is 0 Å². The topological polar surface area (TPSA) is 9.86 Å². The van der Waals surface area contributed by atoms with Crippen LogP contribution in [0.3, 0.4) is 0 Å². The Morgan fingerprint density at radius 3 is 0.929 bits per heavy atom. The van der Waals surface area contributed by atoms with Gasteiger partial charge < -0.3 is 9.13 Å². The van der Waals surface area contributed by atoms with Gasteiger partial charge in [-0.05, 0) is 81.2 Å². The van der Waals surface area contributed by atoms with Crippen molar-refractivity contribution in [3.63, 3.8) is 0 Å². The third-order valence-electron chi connectivity index (χ3n) is 9.19. The summed E-state index contributed by atoms with van der Waals surface area (Å²) in [5.41, 5.74) is 9.77. The maximum Gasteiger partial charge on any atom is 0.0547 e. The van der Waals surface area contributed by atoms with Crippen molar-refractivity contribution in [3.05, 3.63) is 146 Å². The van der Waals surface area contributed by atoms with Crippen LogP contribution in [0.2, 0.25) is 0 Å². The van der Waals surface area contributed by atoms with Crippen LogP contribution < -0.4 is 0 Å². The number of hydrogen-bond acceptors (Lipinski definition) is 0. The lowest BCUT2D eigenvalue weighted by Gasteiger charge is -2.12. The highest BCUT2D eigenvalue weighted by molar-refractivity contribution is 6.25. The second-order valence-electron chi connectivity index (χ2n) is 11.4. The molecule has 42 heavy (non-hydrogen) atoms. The lowest BCUT2D eigenvalue weighted by atomic mass is 10.0. The van der Waals surface area contributed by atoms with Crippen LogP contribution in [-0.2, 0) is 0 Å². The van der Waals surface area contributed by atoms with E-state index in [1.165, 1.54) is 87.7 Å². The van der Waals surface area contributed by atoms with Crippen molar-refractivity contribution in [1.82, 2.24) is 9.13 Å². The Morgan fingerprint density at radius 2 is 0.595 bits per heavy atom. The van der Waals surface area contributed by atoms with Crippen molar-refractivity contribution < 1.29 is 0 Å². The molecule has 10 aromatic rings. The molecule has 2 heterocycles. The molecule has 0 amide bonds. The smallest absolute Gasteiger partial charge is 0.0547 e. The maximum atomic E-state index is 2.43. The molecule has 0 N–H and O–H groups in total. The molecule has 0 fully saturated rings. The standard InChI is InChI=1S/C40H24N2/c1-11-29(23-31(13-1)41-33-15-3-7-25-19-20-26-8-4-16-34(41)38(26)37(25)33)30-12-2-14-32(24-30)42-35-17-5-9-27-21-22-28-10-6-18-36(42)40(28)39(27)35/h1-24H. The number of aromatic nitrogens is 2. The van der Waals surface area contributed by atoms with Gasteiger partial charge >= 0.3 is 0 Å². The molecule has 0 unspecified atom stereocenters. The monoisotopic (exact) mass is 532 g/mol. The highest BCUT2D eigenvalue weighted by atomic mass is 15.0. The molecule has 0 aliphatic heterocycles. The van der Waals surface area contributed by atoms with Gasteiger partial charge in [-0.2, -0.15) is 0 Å². The van der Waals surface area contributed by atoms with Crippen molar-refractivity contribution in [3.8, 4) is 22.5 Å². The normalized spacial score (nSPS) is 12.3. The summed E-state index contributed by atoms with van der Waals surface area (Å²) in [6.45, 7) is 0. The van der Waals surface area contributed by atoms with Crippen LogP contribution in [0.15, 0.2) is 146 Å². The van der Waals surface area contributed by atoms with E-state index in [0.29, 0.717) is 0 Å². The van der Waals surface area contributed by atoms with Crippen molar-refractivity contribution in [2.45, 2.75) is 0 Å². The summed E-state index contributed by atoms with van der Waals surface area (Å²) >= 11 is 0. The van der Waals surface area contributed by atoms with E-state index < -0.39 is 0 Å². The summed E-state index contributed by atoms with van der Waals surface area (Å²) in [6.07, 6.45) is 0. The zero-order valence-electron chi connectivity index (χ0n) is 22.8. The average Bonchev–Trinajstić information content (AvgIpc) is 3.58. The van der Waals surface area contributed by atoms with Gasteiger partial charge in [-0.1, -0.05) is 97.1 Å². The minimum atomic E-state index is 1.18. The van der Waals surface area contributed by atoms with Crippen LogP contribution >= 0.6 is 0 Å². The van der Waals surface area contributed by atoms with Gasteiger partial charge in [-0.15, -0.1) is 0 Å². The summed E-state index contributed by atoms with van der Waals surface area (Å²) in [7, 11) is 0. The molecule has 0 aliphatic carbocycles. The third kappa shape index (κ3) is 2.83. The predicted octanol–water partition coefficient (Wildman–Crippen LogP) is 10.7. The number of rotatable bonds is 3. The Kier molecular flexibility index (Phi) is 4.21. The van der Waals surface area contributed by atoms with E-state index in [2.05, 4.69) is 155 Å². The van der Waals surface area contributed by atoms with Crippen molar-refractivity contribution in [2.75, 3.05) is 0 Å². The largest absolute Gasteiger partial charge is 0.309 e. The molecule has 2 aromatic heterocycles. The van der Waals surface area contributed by atoms with Gasteiger partial charge in [0.2, 0.25) is 0 Å². The van der Waals surface area contributed by atoms with Crippen LogP contribution in [0.25, 0.3) is 87.7 Å². The number of nitrogens with zero attached hydrogens (tertiary/aromatic N) is 2. The minimum Gasteiger partial charge on any atom is -0.309 e. The Bertz CT molecular complexity index is 2310. The lowest BCUT2D eigenvalue weighted by molar-refractivity contribution is 1.18. The molecule has 2 nitrogen and oxygen atoms in total. The summed E-state index contributed by atoms with van der Waals surface area (Å²) < 4.78 is 4.85. The van der Waals surface area contributed by atoms with Gasteiger partial charge in [0.05, 0.1) is 22.1 Å². The first-order valence-corrected chi connectivity index (χ1v) is 14.5. The molecule has 0 bridgehead atoms. The summed E-state index contributed by atoms with van der Waals surface area (Å²) in [5.74, 6) is 0. The molecular weight excluding hydrogens is 508 g/mol. The lowest BCUT2D eigenvalue weighted by Crippen LogP contribution is -1.96. The Hall–Kier alpha value is -5.60. The Balaban J connectivity index is 1.19. The van der Waals surface area contributed by atoms with E-state index >= 15 is 0 Å². The van der Waals surface area contributed by atoms with E-state index in [-0.39, 0.29) is 0 Å². The number of benzene rings is 8. The quantitative estimate of drug-likeness (QED) is 0.200. The minimum absolute atomic E-state index is 1.18. The summed E-state index contributed by atoms with van der Waals surface area (Å²) in [5, 5.41) is 10.5. The maximum absolute atomic E-state index is 2.43. The molecule has 0 spiro atoms. The molecule has 0 saturated carbocycles. The highest BCUT2D eigenvalue weighted by Gasteiger charge is 2.18. The van der Waals surface area contributed by atoms with Gasteiger partial charge in [-0.25, -0.2) is 0 Å². The number of hydrogen-bond donors (Lipinski definition) is 0. The van der Waals surface area contributed by atoms with Crippen LogP contribution in [-0.4, -0.2) is 9.13 Å². The first-order valence-electron chi connectivity index (χ1n) is 14.5. The molecule has 0 saturated heterocycles. The Labute approximate surface area is 241 Å². The fourth-order valence-corrected chi connectivity index (χ4v) is 7.44. The van der Waals surface area contributed by atoms with Gasteiger partial charge in [-0.3, -0.25) is 0 Å². The van der Waals surface area contributed by atoms with Crippen LogP contribution in [0, 0.1) is 0 Å². The van der Waals surface area contributed by atoms with Crippen LogP contribution in [0.4, 0.5) is 0 Å². The molecule has 0 radical (unpaired) electrons. The molecule has 8 aromatic carbocycles. The van der Waals surface area contributed by atoms with Gasteiger partial charge in [0, 0.05) is 32.9 Å². The zero-order chi connectivity index (χ0) is 27.4. The van der Waals surface area contributed by atoms with Crippen molar-refractivity contribution >= 4 is 65.2 Å². The Morgan fingerprint density at radius 1 is 0.286 bits per heavy atom. The molecular formula is C40H24N2. The second-order valence-corrected chi connectivity index (χ2v) is 11.4. The molecule has 10 rings (SSSR count). The molecule has 194 valence electrons. The average molecular weight is 533 g/mol. The zero-order valence-corrected chi connectivity index (χ0v) is 22.8. The SMILES string of the molecule is c1cc(-c2cccc(-n3c4cccc5ccc6cccc3c6c54)c2)cc(-n2c3cccc4ccc5cccc2c5c43)c1. The predicted molar refractivity (Wildman–Crippen MR) is 178 cm³/mol. The van der Waals surface area contributed by atoms with Crippen LogP contribution in [0.5, 0.6) is 0 Å². The van der Waals surface area contributed by atoms with E-state index in [9.17, 15) is 0 Å². The van der Waals surface area contributed by atoms with Gasteiger partial charge in [0.15, 0.2) is 0 Å². The fraction of sp³-hybridized carbons (Fsp3) is 0. The summed E-state index contributed by atoms with van der Waals surface area (Å²) in [6, 6.07) is 53.5. The fourth-order valence-electron chi connectivity index (χ4n) is 7.44.